The summed E-state index contributed by atoms with van der Waals surface area (Å²) in [6, 6.07) is 74.4. The summed E-state index contributed by atoms with van der Waals surface area (Å²) in [6.45, 7) is 0. The highest BCUT2D eigenvalue weighted by Gasteiger charge is 2.39. The molecule has 0 saturated carbocycles. The van der Waals surface area contributed by atoms with E-state index in [1.807, 2.05) is 43.2 Å². The summed E-state index contributed by atoms with van der Waals surface area (Å²) in [5, 5.41) is 0. The zero-order valence-corrected chi connectivity index (χ0v) is 29.5. The minimum Gasteiger partial charge on any atom is -0.0674 e. The molecular weight excluding hydrogens is 657 g/mol. The highest BCUT2D eigenvalue weighted by atomic mass is 33.1. The van der Waals surface area contributed by atoms with Gasteiger partial charge in [-0.25, -0.2) is 0 Å². The Balaban J connectivity index is 1.29. The molecule has 4 heteroatoms. The molecule has 0 aliphatic rings. The van der Waals surface area contributed by atoms with Crippen molar-refractivity contribution < 1.29 is 0 Å². The first-order chi connectivity index (χ1) is 23.8. The van der Waals surface area contributed by atoms with E-state index in [2.05, 4.69) is 206 Å². The summed E-state index contributed by atoms with van der Waals surface area (Å²) in [7, 11) is 7.54. The lowest BCUT2D eigenvalue weighted by atomic mass is 9.84. The van der Waals surface area contributed by atoms with Gasteiger partial charge in [-0.15, -0.1) is 0 Å². The molecule has 0 saturated heterocycles. The van der Waals surface area contributed by atoms with Crippen molar-refractivity contribution in [2.24, 2.45) is 0 Å². The maximum Gasteiger partial charge on any atom is 0.101 e. The van der Waals surface area contributed by atoms with Gasteiger partial charge in [0.2, 0.25) is 0 Å². The van der Waals surface area contributed by atoms with Crippen LogP contribution in [0, 0.1) is 0 Å². The fraction of sp³-hybridized carbons (Fsp3) is 0.0455. The molecule has 48 heavy (non-hydrogen) atoms. The molecule has 0 atom stereocenters. The van der Waals surface area contributed by atoms with Gasteiger partial charge in [0.15, 0.2) is 0 Å². The summed E-state index contributed by atoms with van der Waals surface area (Å²) in [5.74, 6) is 0. The summed E-state index contributed by atoms with van der Waals surface area (Å²) < 4.78 is -0.831. The maximum atomic E-state index is 2.27. The van der Waals surface area contributed by atoms with E-state index >= 15 is 0 Å². The van der Waals surface area contributed by atoms with E-state index in [1.54, 1.807) is 0 Å². The normalized spacial score (nSPS) is 11.7. The number of rotatable bonds is 12. The van der Waals surface area contributed by atoms with Crippen LogP contribution in [0.25, 0.3) is 0 Å². The van der Waals surface area contributed by atoms with Crippen LogP contribution in [0.2, 0.25) is 0 Å². The summed E-state index contributed by atoms with van der Waals surface area (Å²) in [4.78, 5) is 2.49. The minimum atomic E-state index is -0.415. The van der Waals surface area contributed by atoms with Gasteiger partial charge < -0.3 is 0 Å². The lowest BCUT2D eigenvalue weighted by molar-refractivity contribution is 0.902. The molecule has 0 heterocycles. The second-order valence-corrected chi connectivity index (χ2v) is 16.1. The Bertz CT molecular complexity index is 1660. The van der Waals surface area contributed by atoms with Gasteiger partial charge >= 0.3 is 0 Å². The Hall–Kier alpha value is -4.06. The van der Waals surface area contributed by atoms with Crippen LogP contribution in [0.1, 0.15) is 33.4 Å². The average Bonchev–Trinajstić information content (AvgIpc) is 3.18. The van der Waals surface area contributed by atoms with Gasteiger partial charge in [0.05, 0.1) is 0 Å². The van der Waals surface area contributed by atoms with E-state index < -0.39 is 9.49 Å². The molecule has 0 amide bonds. The molecule has 7 rings (SSSR count). The molecule has 0 nitrogen and oxygen atoms in total. The summed E-state index contributed by atoms with van der Waals surface area (Å²) in [6.07, 6.45) is 0. The second kappa shape index (κ2) is 15.4. The van der Waals surface area contributed by atoms with E-state index in [0.29, 0.717) is 0 Å². The summed E-state index contributed by atoms with van der Waals surface area (Å²) >= 11 is 0. The number of hydrogen-bond acceptors (Lipinski definition) is 4. The van der Waals surface area contributed by atoms with Gasteiger partial charge in [-0.2, -0.15) is 0 Å². The van der Waals surface area contributed by atoms with E-state index in [1.165, 1.54) is 43.2 Å². The maximum absolute atomic E-state index is 2.27. The molecule has 0 aliphatic carbocycles. The first-order valence-electron chi connectivity index (χ1n) is 15.9. The van der Waals surface area contributed by atoms with Crippen LogP contribution in [0.3, 0.4) is 0 Å². The Labute approximate surface area is 300 Å². The van der Waals surface area contributed by atoms with Crippen molar-refractivity contribution in [2.75, 3.05) is 0 Å². The van der Waals surface area contributed by atoms with Crippen LogP contribution in [-0.2, 0) is 9.49 Å². The molecule has 0 unspecified atom stereocenters. The molecule has 0 bridgehead atoms. The smallest absolute Gasteiger partial charge is 0.0674 e. The Morgan fingerprint density at radius 3 is 0.625 bits per heavy atom. The molecule has 0 fully saturated rings. The van der Waals surface area contributed by atoms with Crippen molar-refractivity contribution in [2.45, 2.75) is 19.3 Å². The van der Waals surface area contributed by atoms with Crippen molar-refractivity contribution >= 4 is 43.2 Å². The third-order valence-electron chi connectivity index (χ3n) is 8.44. The van der Waals surface area contributed by atoms with Crippen LogP contribution in [0.5, 0.6) is 0 Å². The molecule has 0 spiro atoms. The van der Waals surface area contributed by atoms with Crippen LogP contribution in [0.4, 0.5) is 0 Å². The van der Waals surface area contributed by atoms with Gasteiger partial charge in [-0.1, -0.05) is 237 Å². The van der Waals surface area contributed by atoms with Crippen LogP contribution >= 0.6 is 43.2 Å². The molecule has 7 aromatic carbocycles. The fourth-order valence-corrected chi connectivity index (χ4v) is 13.0. The van der Waals surface area contributed by atoms with E-state index in [4.69, 9.17) is 0 Å². The highest BCUT2D eigenvalue weighted by Crippen LogP contribution is 2.59. The molecule has 0 aliphatic heterocycles. The largest absolute Gasteiger partial charge is 0.101 e. The van der Waals surface area contributed by atoms with Gasteiger partial charge in [0, 0.05) is 9.79 Å². The molecule has 7 aromatic rings. The molecule has 0 aromatic heterocycles. The minimum absolute atomic E-state index is 0.415. The predicted molar refractivity (Wildman–Crippen MR) is 212 cm³/mol. The van der Waals surface area contributed by atoms with Gasteiger partial charge in [0.25, 0.3) is 0 Å². The van der Waals surface area contributed by atoms with Crippen LogP contribution in [-0.4, -0.2) is 0 Å². The Kier molecular flexibility index (Phi) is 10.4. The number of hydrogen-bond donors (Lipinski definition) is 0. The molecule has 0 radical (unpaired) electrons. The van der Waals surface area contributed by atoms with Gasteiger partial charge in [0.1, 0.15) is 9.49 Å². The average molecular weight is 691 g/mol. The third kappa shape index (κ3) is 6.63. The van der Waals surface area contributed by atoms with Gasteiger partial charge in [-0.05, 0) is 45.5 Å². The standard InChI is InChI=1S/C44H34S4/c1-7-21-35(22-8-1)43(36-23-9-2-10-24-36,37-25-11-3-12-26-37)47-45-41-33-19-20-34-42(41)46-48-44(38-27-13-4-14-28-38,39-29-15-5-16-30-39)40-31-17-6-18-32-40/h1-34H. The predicted octanol–water partition coefficient (Wildman–Crippen LogP) is 13.2. The van der Waals surface area contributed by atoms with Gasteiger partial charge in [-0.3, -0.25) is 0 Å². The van der Waals surface area contributed by atoms with E-state index in [9.17, 15) is 0 Å². The van der Waals surface area contributed by atoms with Crippen molar-refractivity contribution in [1.82, 2.24) is 0 Å². The fourth-order valence-electron chi connectivity index (χ4n) is 6.13. The molecule has 234 valence electrons. The quantitative estimate of drug-likeness (QED) is 0.0924. The zero-order chi connectivity index (χ0) is 32.5. The topological polar surface area (TPSA) is 0 Å². The summed E-state index contributed by atoms with van der Waals surface area (Å²) in [5.41, 5.74) is 7.56. The lowest BCUT2D eigenvalue weighted by Gasteiger charge is -2.35. The van der Waals surface area contributed by atoms with E-state index in [0.717, 1.165) is 0 Å². The Morgan fingerprint density at radius 1 is 0.229 bits per heavy atom. The van der Waals surface area contributed by atoms with Crippen molar-refractivity contribution in [3.63, 3.8) is 0 Å². The SMILES string of the molecule is c1ccc(C(SSc2ccccc2SSC(c2ccccc2)(c2ccccc2)c2ccccc2)(c2ccccc2)c2ccccc2)cc1. The number of benzene rings is 7. The Morgan fingerprint density at radius 2 is 0.417 bits per heavy atom. The lowest BCUT2D eigenvalue weighted by Crippen LogP contribution is -2.24. The molecular formula is C44H34S4. The monoisotopic (exact) mass is 690 g/mol. The van der Waals surface area contributed by atoms with Crippen molar-refractivity contribution in [3.05, 3.63) is 240 Å². The van der Waals surface area contributed by atoms with Crippen molar-refractivity contribution in [1.29, 1.82) is 0 Å². The van der Waals surface area contributed by atoms with E-state index in [-0.39, 0.29) is 0 Å². The first-order valence-corrected chi connectivity index (χ1v) is 20.2. The van der Waals surface area contributed by atoms with Crippen LogP contribution in [0.15, 0.2) is 216 Å². The zero-order valence-electron chi connectivity index (χ0n) is 26.3. The third-order valence-corrected chi connectivity index (χ3v) is 14.8. The molecule has 0 N–H and O–H groups in total. The first kappa shape index (κ1) is 32.5. The van der Waals surface area contributed by atoms with Crippen molar-refractivity contribution in [3.8, 4) is 0 Å². The highest BCUT2D eigenvalue weighted by molar-refractivity contribution is 8.78. The van der Waals surface area contributed by atoms with Crippen LogP contribution < -0.4 is 0 Å². The second-order valence-electron chi connectivity index (χ2n) is 11.3.